The van der Waals surface area contributed by atoms with E-state index in [0.717, 1.165) is 22.4 Å². The quantitative estimate of drug-likeness (QED) is 0.432. The highest BCUT2D eigenvalue weighted by molar-refractivity contribution is 5.95. The second kappa shape index (κ2) is 8.67. The number of hydrogen-bond acceptors (Lipinski definition) is 4. The standard InChI is InChI=1S/C26H23FN4O2/c1-15-6-5-9-21(33-14-22(29)32)23(15)24-19(12-28)20-11-10-18(27)13-31(20)26(24)30-25-16(2)7-4-8-17(25)3/h4-11,13,30H,14H2,1-3H3,(H2,29,32). The summed E-state index contributed by atoms with van der Waals surface area (Å²) in [5, 5.41) is 13.6. The second-order valence-electron chi connectivity index (χ2n) is 7.91. The maximum Gasteiger partial charge on any atom is 0.255 e. The first-order valence-corrected chi connectivity index (χ1v) is 10.4. The van der Waals surface area contributed by atoms with Crippen molar-refractivity contribution in [3.63, 3.8) is 0 Å². The fourth-order valence-corrected chi connectivity index (χ4v) is 4.07. The average Bonchev–Trinajstić information content (AvgIpc) is 3.06. The third kappa shape index (κ3) is 3.99. The number of ether oxygens (including phenoxy) is 1. The van der Waals surface area contributed by atoms with Crippen LogP contribution < -0.4 is 15.8 Å². The van der Waals surface area contributed by atoms with E-state index in [1.165, 1.54) is 12.3 Å². The third-order valence-electron chi connectivity index (χ3n) is 5.59. The van der Waals surface area contributed by atoms with Crippen LogP contribution in [0.2, 0.25) is 0 Å². The molecule has 7 heteroatoms. The van der Waals surface area contributed by atoms with Gasteiger partial charge in [0.25, 0.3) is 5.91 Å². The number of aryl methyl sites for hydroxylation is 3. The lowest BCUT2D eigenvalue weighted by atomic mass is 9.97. The molecule has 0 radical (unpaired) electrons. The SMILES string of the molecule is Cc1cccc(C)c1Nc1c(-c2c(C)cccc2OCC(N)=O)c(C#N)c2ccc(F)cn12. The zero-order valence-corrected chi connectivity index (χ0v) is 18.6. The molecule has 0 fully saturated rings. The molecule has 33 heavy (non-hydrogen) atoms. The van der Waals surface area contributed by atoms with E-state index < -0.39 is 11.7 Å². The molecule has 1 amide bonds. The number of halogens is 1. The summed E-state index contributed by atoms with van der Waals surface area (Å²) >= 11 is 0. The maximum absolute atomic E-state index is 14.3. The molecule has 0 saturated carbocycles. The topological polar surface area (TPSA) is 92.5 Å². The fourth-order valence-electron chi connectivity index (χ4n) is 4.07. The number of pyridine rings is 1. The van der Waals surface area contributed by atoms with E-state index in [-0.39, 0.29) is 6.61 Å². The number of carbonyl (C=O) groups excluding carboxylic acids is 1. The zero-order chi connectivity index (χ0) is 23.7. The Morgan fingerprint density at radius 1 is 1.06 bits per heavy atom. The Hall–Kier alpha value is -4.31. The second-order valence-corrected chi connectivity index (χ2v) is 7.91. The number of rotatable bonds is 6. The number of nitrogens with one attached hydrogen (secondary N) is 1. The van der Waals surface area contributed by atoms with E-state index in [2.05, 4.69) is 11.4 Å². The molecule has 0 bridgehead atoms. The van der Waals surface area contributed by atoms with Gasteiger partial charge >= 0.3 is 0 Å². The van der Waals surface area contributed by atoms with E-state index in [0.29, 0.717) is 33.8 Å². The molecule has 0 atom stereocenters. The number of carbonyl (C=O) groups is 1. The maximum atomic E-state index is 14.3. The fraction of sp³-hybridized carbons (Fsp3) is 0.154. The van der Waals surface area contributed by atoms with Gasteiger partial charge in [-0.05, 0) is 55.7 Å². The van der Waals surface area contributed by atoms with Crippen LogP contribution in [-0.4, -0.2) is 16.9 Å². The van der Waals surface area contributed by atoms with Gasteiger partial charge in [-0.2, -0.15) is 5.26 Å². The molecule has 0 saturated heterocycles. The Morgan fingerprint density at radius 2 is 1.73 bits per heavy atom. The van der Waals surface area contributed by atoms with Crippen LogP contribution >= 0.6 is 0 Å². The van der Waals surface area contributed by atoms with Gasteiger partial charge in [-0.1, -0.05) is 30.3 Å². The summed E-state index contributed by atoms with van der Waals surface area (Å²) in [5.74, 6) is -0.114. The summed E-state index contributed by atoms with van der Waals surface area (Å²) in [6.45, 7) is 5.54. The van der Waals surface area contributed by atoms with Crippen LogP contribution in [-0.2, 0) is 4.79 Å². The van der Waals surface area contributed by atoms with Crippen molar-refractivity contribution in [2.45, 2.75) is 20.8 Å². The first-order chi connectivity index (χ1) is 15.8. The molecule has 0 aliphatic carbocycles. The Labute approximate surface area is 191 Å². The predicted molar refractivity (Wildman–Crippen MR) is 126 cm³/mol. The van der Waals surface area contributed by atoms with Crippen LogP contribution in [0.5, 0.6) is 5.75 Å². The van der Waals surface area contributed by atoms with Gasteiger partial charge in [0.2, 0.25) is 0 Å². The number of nitrogens with two attached hydrogens (primary N) is 1. The van der Waals surface area contributed by atoms with Gasteiger partial charge in [-0.3, -0.25) is 9.20 Å². The third-order valence-corrected chi connectivity index (χ3v) is 5.59. The number of aromatic nitrogens is 1. The van der Waals surface area contributed by atoms with Gasteiger partial charge in [0, 0.05) is 23.0 Å². The molecule has 0 aliphatic rings. The Bertz CT molecular complexity index is 1410. The van der Waals surface area contributed by atoms with Crippen molar-refractivity contribution in [1.82, 2.24) is 4.40 Å². The van der Waals surface area contributed by atoms with Gasteiger partial charge in [0.1, 0.15) is 23.5 Å². The molecule has 4 aromatic rings. The van der Waals surface area contributed by atoms with Gasteiger partial charge in [0.05, 0.1) is 11.1 Å². The first kappa shape index (κ1) is 21.9. The van der Waals surface area contributed by atoms with Crippen LogP contribution in [0.15, 0.2) is 54.7 Å². The largest absolute Gasteiger partial charge is 0.483 e. The summed E-state index contributed by atoms with van der Waals surface area (Å²) in [4.78, 5) is 11.4. The van der Waals surface area contributed by atoms with Gasteiger partial charge in [-0.15, -0.1) is 0 Å². The van der Waals surface area contributed by atoms with Gasteiger partial charge in [-0.25, -0.2) is 4.39 Å². The van der Waals surface area contributed by atoms with E-state index in [1.54, 1.807) is 22.6 Å². The van der Waals surface area contributed by atoms with Gasteiger partial charge < -0.3 is 15.8 Å². The van der Waals surface area contributed by atoms with Crippen LogP contribution in [0.1, 0.15) is 22.3 Å². The van der Waals surface area contributed by atoms with Crippen molar-refractivity contribution in [3.8, 4) is 22.9 Å². The molecule has 3 N–H and O–H groups in total. The van der Waals surface area contributed by atoms with Crippen LogP contribution in [0.3, 0.4) is 0 Å². The van der Waals surface area contributed by atoms with Crippen molar-refractivity contribution >= 4 is 22.9 Å². The molecule has 166 valence electrons. The highest BCUT2D eigenvalue weighted by atomic mass is 19.1. The number of nitriles is 1. The smallest absolute Gasteiger partial charge is 0.255 e. The summed E-state index contributed by atoms with van der Waals surface area (Å²) in [6.07, 6.45) is 1.35. The lowest BCUT2D eigenvalue weighted by Gasteiger charge is -2.18. The normalized spacial score (nSPS) is 10.8. The van der Waals surface area contributed by atoms with Crippen molar-refractivity contribution in [1.29, 1.82) is 5.26 Å². The van der Waals surface area contributed by atoms with E-state index >= 15 is 0 Å². The molecule has 0 aliphatic heterocycles. The van der Waals surface area contributed by atoms with Crippen LogP contribution in [0.25, 0.3) is 16.6 Å². The first-order valence-electron chi connectivity index (χ1n) is 10.4. The van der Waals surface area contributed by atoms with Gasteiger partial charge in [0.15, 0.2) is 6.61 Å². The molecule has 2 aromatic carbocycles. The molecule has 0 unspecified atom stereocenters. The van der Waals surface area contributed by atoms with E-state index in [1.807, 2.05) is 45.0 Å². The number of amides is 1. The molecule has 0 spiro atoms. The minimum atomic E-state index is -0.610. The highest BCUT2D eigenvalue weighted by Gasteiger charge is 2.25. The summed E-state index contributed by atoms with van der Waals surface area (Å²) in [6, 6.07) is 16.5. The Morgan fingerprint density at radius 3 is 2.39 bits per heavy atom. The minimum absolute atomic E-state index is 0.306. The summed E-state index contributed by atoms with van der Waals surface area (Å²) in [5.41, 5.74) is 11.1. The predicted octanol–water partition coefficient (Wildman–Crippen LogP) is 5.15. The van der Waals surface area contributed by atoms with Crippen molar-refractivity contribution in [2.75, 3.05) is 11.9 Å². The Kier molecular flexibility index (Phi) is 5.76. The molecule has 6 nitrogen and oxygen atoms in total. The number of hydrogen-bond donors (Lipinski definition) is 2. The monoisotopic (exact) mass is 442 g/mol. The van der Waals surface area contributed by atoms with Crippen LogP contribution in [0, 0.1) is 37.9 Å². The number of nitrogens with zero attached hydrogens (tertiary/aromatic N) is 2. The van der Waals surface area contributed by atoms with Crippen molar-refractivity contribution in [2.24, 2.45) is 5.73 Å². The van der Waals surface area contributed by atoms with Crippen molar-refractivity contribution < 1.29 is 13.9 Å². The molecule has 2 heterocycles. The Balaban J connectivity index is 2.07. The van der Waals surface area contributed by atoms with Crippen molar-refractivity contribution in [3.05, 3.63) is 82.8 Å². The number of fused-ring (bicyclic) bond motifs is 1. The zero-order valence-electron chi connectivity index (χ0n) is 18.6. The highest BCUT2D eigenvalue weighted by Crippen LogP contribution is 2.44. The minimum Gasteiger partial charge on any atom is -0.483 e. The number of benzene rings is 2. The number of para-hydroxylation sites is 1. The number of primary amides is 1. The molecule has 2 aromatic heterocycles. The lowest BCUT2D eigenvalue weighted by Crippen LogP contribution is -2.20. The number of anilines is 2. The van der Waals surface area contributed by atoms with Crippen LogP contribution in [0.4, 0.5) is 15.9 Å². The lowest BCUT2D eigenvalue weighted by molar-refractivity contribution is -0.119. The molecular weight excluding hydrogens is 419 g/mol. The summed E-state index contributed by atoms with van der Waals surface area (Å²) in [7, 11) is 0. The molecule has 4 rings (SSSR count). The average molecular weight is 442 g/mol. The van der Waals surface area contributed by atoms with E-state index in [9.17, 15) is 14.4 Å². The summed E-state index contributed by atoms with van der Waals surface area (Å²) < 4.78 is 21.7. The van der Waals surface area contributed by atoms with E-state index in [4.69, 9.17) is 10.5 Å². The molecular formula is C26H23FN4O2.